The van der Waals surface area contributed by atoms with Crippen LogP contribution in [0.2, 0.25) is 0 Å². The van der Waals surface area contributed by atoms with Crippen molar-refractivity contribution >= 4 is 16.8 Å². The number of rotatable bonds is 5. The lowest BCUT2D eigenvalue weighted by atomic mass is 9.84. The molecule has 26 heavy (non-hydrogen) atoms. The highest BCUT2D eigenvalue weighted by Gasteiger charge is 2.25. The van der Waals surface area contributed by atoms with E-state index < -0.39 is 23.0 Å². The summed E-state index contributed by atoms with van der Waals surface area (Å²) < 4.78 is 31.6. The molecule has 136 valence electrons. The van der Waals surface area contributed by atoms with Crippen molar-refractivity contribution in [3.8, 4) is 5.75 Å². The molecule has 0 fully saturated rings. The Bertz CT molecular complexity index is 964. The van der Waals surface area contributed by atoms with Gasteiger partial charge in [-0.25, -0.2) is 8.78 Å². The third kappa shape index (κ3) is 3.40. The first kappa shape index (κ1) is 17.9. The lowest BCUT2D eigenvalue weighted by molar-refractivity contribution is 0.0945. The van der Waals surface area contributed by atoms with Gasteiger partial charge in [0.25, 0.3) is 5.91 Å². The van der Waals surface area contributed by atoms with Crippen LogP contribution in [-0.2, 0) is 5.41 Å². The van der Waals surface area contributed by atoms with Gasteiger partial charge in [-0.2, -0.15) is 0 Å². The lowest BCUT2D eigenvalue weighted by Crippen LogP contribution is -2.36. The Kier molecular flexibility index (Phi) is 4.68. The van der Waals surface area contributed by atoms with E-state index in [2.05, 4.69) is 10.3 Å². The van der Waals surface area contributed by atoms with Crippen molar-refractivity contribution in [3.05, 3.63) is 65.4 Å². The number of H-pyrrole nitrogens is 1. The van der Waals surface area contributed by atoms with Crippen molar-refractivity contribution in [2.24, 2.45) is 0 Å². The Labute approximate surface area is 150 Å². The summed E-state index contributed by atoms with van der Waals surface area (Å²) >= 11 is 0. The monoisotopic (exact) mass is 358 g/mol. The number of aromatic amines is 1. The fourth-order valence-electron chi connectivity index (χ4n) is 2.92. The maximum atomic E-state index is 13.3. The molecule has 0 atom stereocenters. The number of benzene rings is 2. The molecular formula is C20H20F2N2O2. The molecule has 2 N–H and O–H groups in total. The van der Waals surface area contributed by atoms with Gasteiger partial charge in [-0.1, -0.05) is 13.8 Å². The van der Waals surface area contributed by atoms with E-state index in [-0.39, 0.29) is 5.56 Å². The molecule has 1 heterocycles. The van der Waals surface area contributed by atoms with Gasteiger partial charge in [0.15, 0.2) is 11.6 Å². The molecule has 1 aromatic heterocycles. The van der Waals surface area contributed by atoms with Crippen LogP contribution < -0.4 is 10.1 Å². The SMILES string of the molecule is COc1ccc2[nH]cc(C(C)(C)CNC(=O)c3ccc(F)c(F)c3)c2c1. The zero-order chi connectivity index (χ0) is 18.9. The van der Waals surface area contributed by atoms with Crippen LogP contribution in [-0.4, -0.2) is 24.5 Å². The van der Waals surface area contributed by atoms with Crippen molar-refractivity contribution in [1.82, 2.24) is 10.3 Å². The van der Waals surface area contributed by atoms with Gasteiger partial charge in [-0.15, -0.1) is 0 Å². The van der Waals surface area contributed by atoms with Crippen LogP contribution in [0.5, 0.6) is 5.75 Å². The number of carbonyl (C=O) groups is 1. The number of aromatic nitrogens is 1. The van der Waals surface area contributed by atoms with E-state index in [1.807, 2.05) is 38.2 Å². The summed E-state index contributed by atoms with van der Waals surface area (Å²) in [4.78, 5) is 15.5. The summed E-state index contributed by atoms with van der Waals surface area (Å²) in [6, 6.07) is 8.86. The van der Waals surface area contributed by atoms with E-state index in [0.717, 1.165) is 34.3 Å². The van der Waals surface area contributed by atoms with E-state index >= 15 is 0 Å². The molecule has 4 nitrogen and oxygen atoms in total. The van der Waals surface area contributed by atoms with Crippen LogP contribution in [0.4, 0.5) is 8.78 Å². The van der Waals surface area contributed by atoms with Crippen molar-refractivity contribution in [2.45, 2.75) is 19.3 Å². The number of nitrogens with one attached hydrogen (secondary N) is 2. The summed E-state index contributed by atoms with van der Waals surface area (Å²) in [5.74, 6) is -1.72. The van der Waals surface area contributed by atoms with Crippen LogP contribution in [0, 0.1) is 11.6 Å². The van der Waals surface area contributed by atoms with Gasteiger partial charge in [-0.3, -0.25) is 4.79 Å². The molecule has 0 aliphatic carbocycles. The Hall–Kier alpha value is -2.89. The molecule has 2 aromatic carbocycles. The zero-order valence-corrected chi connectivity index (χ0v) is 14.8. The van der Waals surface area contributed by atoms with Crippen LogP contribution in [0.3, 0.4) is 0 Å². The van der Waals surface area contributed by atoms with Gasteiger partial charge in [0.2, 0.25) is 0 Å². The largest absolute Gasteiger partial charge is 0.497 e. The second kappa shape index (κ2) is 6.78. The predicted octanol–water partition coefficient (Wildman–Crippen LogP) is 4.16. The van der Waals surface area contributed by atoms with Gasteiger partial charge < -0.3 is 15.0 Å². The van der Waals surface area contributed by atoms with Gasteiger partial charge in [-0.05, 0) is 42.0 Å². The average Bonchev–Trinajstić information content (AvgIpc) is 3.06. The molecule has 0 spiro atoms. The van der Waals surface area contributed by atoms with E-state index in [1.165, 1.54) is 6.07 Å². The highest BCUT2D eigenvalue weighted by molar-refractivity contribution is 5.94. The maximum absolute atomic E-state index is 13.3. The number of hydrogen-bond acceptors (Lipinski definition) is 2. The molecule has 6 heteroatoms. The molecular weight excluding hydrogens is 338 g/mol. The van der Waals surface area contributed by atoms with Crippen LogP contribution in [0.1, 0.15) is 29.8 Å². The van der Waals surface area contributed by atoms with E-state index in [1.54, 1.807) is 7.11 Å². The topological polar surface area (TPSA) is 54.1 Å². The Morgan fingerprint density at radius 2 is 1.92 bits per heavy atom. The predicted molar refractivity (Wildman–Crippen MR) is 96.6 cm³/mol. The molecule has 3 rings (SSSR count). The second-order valence-electron chi connectivity index (χ2n) is 6.81. The molecule has 0 radical (unpaired) electrons. The van der Waals surface area contributed by atoms with Crippen molar-refractivity contribution in [1.29, 1.82) is 0 Å². The number of amides is 1. The second-order valence-corrected chi connectivity index (χ2v) is 6.81. The summed E-state index contributed by atoms with van der Waals surface area (Å²) in [6.07, 6.45) is 1.91. The molecule has 0 bridgehead atoms. The molecule has 0 saturated heterocycles. The quantitative estimate of drug-likeness (QED) is 0.719. The smallest absolute Gasteiger partial charge is 0.251 e. The van der Waals surface area contributed by atoms with Crippen LogP contribution in [0.15, 0.2) is 42.6 Å². The van der Waals surface area contributed by atoms with Gasteiger partial charge in [0, 0.05) is 34.6 Å². The van der Waals surface area contributed by atoms with Crippen molar-refractivity contribution < 1.29 is 18.3 Å². The van der Waals surface area contributed by atoms with E-state index in [4.69, 9.17) is 4.74 Å². The molecule has 3 aromatic rings. The minimum absolute atomic E-state index is 0.0836. The number of fused-ring (bicyclic) bond motifs is 1. The fourth-order valence-corrected chi connectivity index (χ4v) is 2.92. The molecule has 0 saturated carbocycles. The Balaban J connectivity index is 1.80. The minimum atomic E-state index is -1.04. The molecule has 1 amide bonds. The average molecular weight is 358 g/mol. The first-order valence-corrected chi connectivity index (χ1v) is 8.20. The summed E-state index contributed by atoms with van der Waals surface area (Å²) in [6.45, 7) is 4.33. The Morgan fingerprint density at radius 1 is 1.15 bits per heavy atom. The zero-order valence-electron chi connectivity index (χ0n) is 14.8. The first-order valence-electron chi connectivity index (χ1n) is 8.20. The summed E-state index contributed by atoms with van der Waals surface area (Å²) in [5, 5.41) is 3.80. The third-order valence-corrected chi connectivity index (χ3v) is 4.49. The fraction of sp³-hybridized carbons (Fsp3) is 0.250. The van der Waals surface area contributed by atoms with Crippen LogP contribution >= 0.6 is 0 Å². The van der Waals surface area contributed by atoms with Crippen molar-refractivity contribution in [3.63, 3.8) is 0 Å². The van der Waals surface area contributed by atoms with Gasteiger partial charge in [0.05, 0.1) is 7.11 Å². The highest BCUT2D eigenvalue weighted by Crippen LogP contribution is 2.32. The number of ether oxygens (including phenoxy) is 1. The van der Waals surface area contributed by atoms with Gasteiger partial charge >= 0.3 is 0 Å². The molecule has 0 aliphatic rings. The summed E-state index contributed by atoms with van der Waals surface area (Å²) in [7, 11) is 1.61. The minimum Gasteiger partial charge on any atom is -0.497 e. The maximum Gasteiger partial charge on any atom is 0.251 e. The highest BCUT2D eigenvalue weighted by atomic mass is 19.2. The summed E-state index contributed by atoms with van der Waals surface area (Å²) in [5.41, 5.74) is 1.69. The Morgan fingerprint density at radius 3 is 2.62 bits per heavy atom. The lowest BCUT2D eigenvalue weighted by Gasteiger charge is -2.25. The number of halogens is 2. The normalized spacial score (nSPS) is 11.6. The first-order chi connectivity index (χ1) is 12.3. The number of methoxy groups -OCH3 is 1. The van der Waals surface area contributed by atoms with Crippen LogP contribution in [0.25, 0.3) is 10.9 Å². The number of hydrogen-bond donors (Lipinski definition) is 2. The van der Waals surface area contributed by atoms with Gasteiger partial charge in [0.1, 0.15) is 5.75 Å². The van der Waals surface area contributed by atoms with E-state index in [9.17, 15) is 13.6 Å². The third-order valence-electron chi connectivity index (χ3n) is 4.49. The molecule has 0 aliphatic heterocycles. The molecule has 0 unspecified atom stereocenters. The van der Waals surface area contributed by atoms with E-state index in [0.29, 0.717) is 6.54 Å². The number of carbonyl (C=O) groups excluding carboxylic acids is 1. The van der Waals surface area contributed by atoms with Crippen molar-refractivity contribution in [2.75, 3.05) is 13.7 Å². The standard InChI is InChI=1S/C20H20F2N2O2/c1-20(2,11-24-19(25)12-4-6-16(21)17(22)8-12)15-10-23-18-7-5-13(26-3)9-14(15)18/h4-10,23H,11H2,1-3H3,(H,24,25).